The number of hydrogen-bond donors (Lipinski definition) is 0. The minimum atomic E-state index is -6.00. The van der Waals surface area contributed by atoms with E-state index in [-0.39, 0.29) is 0 Å². The summed E-state index contributed by atoms with van der Waals surface area (Å²) in [4.78, 5) is 1.67. The van der Waals surface area contributed by atoms with E-state index in [2.05, 4.69) is 10.3 Å². The maximum Gasteiger partial charge on any atom is 0.673 e. The average molecular weight is 340 g/mol. The molecule has 0 bridgehead atoms. The van der Waals surface area contributed by atoms with E-state index in [0.29, 0.717) is 22.0 Å². The monoisotopic (exact) mass is 340 g/mol. The molecule has 0 aliphatic heterocycles. The lowest BCUT2D eigenvalue weighted by Gasteiger charge is -2.14. The second kappa shape index (κ2) is 6.82. The first kappa shape index (κ1) is 18.0. The molecule has 122 valence electrons. The quantitative estimate of drug-likeness (QED) is 0.140. The van der Waals surface area contributed by atoms with Crippen LogP contribution in [0.15, 0.2) is 18.2 Å². The highest BCUT2D eigenvalue weighted by Gasteiger charge is 2.21. The van der Waals surface area contributed by atoms with Crippen molar-refractivity contribution in [2.45, 2.75) is 0 Å². The Bertz CT molecular complexity index is 677. The lowest BCUT2D eigenvalue weighted by molar-refractivity contribution is -0.431. The Kier molecular flexibility index (Phi) is 5.58. The Hall–Kier alpha value is -2.04. The highest BCUT2D eigenvalue weighted by atomic mass is 35.5. The van der Waals surface area contributed by atoms with Gasteiger partial charge in [-0.3, -0.25) is 9.64 Å². The van der Waals surface area contributed by atoms with Crippen molar-refractivity contribution < 1.29 is 22.0 Å². The van der Waals surface area contributed by atoms with Crippen LogP contribution in [0.4, 0.5) is 17.3 Å². The van der Waals surface area contributed by atoms with E-state index in [0.717, 1.165) is 4.74 Å². The molecule has 22 heavy (non-hydrogen) atoms. The van der Waals surface area contributed by atoms with Crippen molar-refractivity contribution in [3.05, 3.63) is 28.4 Å². The van der Waals surface area contributed by atoms with Gasteiger partial charge in [-0.1, -0.05) is 16.3 Å². The largest absolute Gasteiger partial charge is 0.745 e. The molecule has 0 aliphatic carbocycles. The molecule has 12 heteroatoms. The molecule has 0 N–H and O–H groups in total. The van der Waals surface area contributed by atoms with Crippen molar-refractivity contribution in [2.75, 3.05) is 21.1 Å². The maximum atomic E-state index is 11.5. The van der Waals surface area contributed by atoms with E-state index in [1.54, 1.807) is 37.2 Å². The van der Waals surface area contributed by atoms with Crippen molar-refractivity contribution in [3.63, 3.8) is 0 Å². The van der Waals surface area contributed by atoms with Gasteiger partial charge < -0.3 is 22.5 Å². The van der Waals surface area contributed by atoms with Crippen LogP contribution in [0.1, 0.15) is 0 Å². The van der Waals surface area contributed by atoms with Crippen LogP contribution in [0.5, 0.6) is 0 Å². The van der Waals surface area contributed by atoms with E-state index >= 15 is 0 Å². The van der Waals surface area contributed by atoms with Gasteiger partial charge in [-0.25, -0.2) is 0 Å². The first-order chi connectivity index (χ1) is 10.0. The van der Waals surface area contributed by atoms with E-state index in [4.69, 9.17) is 11.6 Å². The molecule has 0 amide bonds. The van der Waals surface area contributed by atoms with E-state index in [9.17, 15) is 22.5 Å². The molecule has 0 fully saturated rings. The molecule has 0 atom stereocenters. The van der Waals surface area contributed by atoms with Crippen LogP contribution in [-0.4, -0.2) is 59.0 Å². The fourth-order valence-corrected chi connectivity index (χ4v) is 1.81. The average Bonchev–Trinajstić information content (AvgIpc) is 2.69. The van der Waals surface area contributed by atoms with E-state index in [1.807, 2.05) is 0 Å². The van der Waals surface area contributed by atoms with Gasteiger partial charge >= 0.3 is 13.2 Å². The second-order valence-corrected chi connectivity index (χ2v) is 4.76. The Balaban J connectivity index is 0.000000422. The third kappa shape index (κ3) is 5.06. The second-order valence-electron chi connectivity index (χ2n) is 4.32. The van der Waals surface area contributed by atoms with Crippen LogP contribution in [0.2, 0.25) is 5.02 Å². The molecule has 2 rings (SSSR count). The summed E-state index contributed by atoms with van der Waals surface area (Å²) >= 11 is 5.93. The number of hydroxylamine groups is 1. The van der Waals surface area contributed by atoms with Gasteiger partial charge in [0, 0.05) is 16.3 Å². The van der Waals surface area contributed by atoms with Gasteiger partial charge in [-0.2, -0.15) is 0 Å². The van der Waals surface area contributed by atoms with Gasteiger partial charge in [0.05, 0.1) is 21.1 Å². The lowest BCUT2D eigenvalue weighted by Crippen LogP contribution is -2.36. The number of nitrogens with zero attached hydrogens (tertiary/aromatic N) is 5. The zero-order chi connectivity index (χ0) is 17.1. The first-order valence-corrected chi connectivity index (χ1v) is 6.22. The van der Waals surface area contributed by atoms with Gasteiger partial charge in [0.15, 0.2) is 5.52 Å². The van der Waals surface area contributed by atoms with Crippen LogP contribution >= 0.6 is 11.6 Å². The van der Waals surface area contributed by atoms with Crippen molar-refractivity contribution in [1.29, 1.82) is 0 Å². The summed E-state index contributed by atoms with van der Waals surface area (Å²) in [6.45, 7) is 0. The van der Waals surface area contributed by atoms with Gasteiger partial charge in [0.2, 0.25) is 0 Å². The normalized spacial score (nSPS) is 12.5. The van der Waals surface area contributed by atoms with Gasteiger partial charge in [0.1, 0.15) is 5.52 Å². The van der Waals surface area contributed by atoms with Crippen LogP contribution < -0.4 is 0 Å². The molecule has 1 heterocycles. The number of halogens is 5. The summed E-state index contributed by atoms with van der Waals surface area (Å²) in [6.07, 6.45) is 0. The Labute approximate surface area is 128 Å². The van der Waals surface area contributed by atoms with Gasteiger partial charge in [-0.15, -0.1) is 5.10 Å². The zero-order valence-electron chi connectivity index (χ0n) is 11.8. The molecule has 0 unspecified atom stereocenters. The highest BCUT2D eigenvalue weighted by Crippen LogP contribution is 2.17. The Morgan fingerprint density at radius 3 is 2.32 bits per heavy atom. The van der Waals surface area contributed by atoms with E-state index < -0.39 is 7.25 Å². The van der Waals surface area contributed by atoms with E-state index in [1.165, 1.54) is 11.7 Å². The summed E-state index contributed by atoms with van der Waals surface area (Å²) in [5, 5.41) is 20.1. The number of fused-ring (bicyclic) bond motifs is 1. The van der Waals surface area contributed by atoms with Crippen molar-refractivity contribution in [2.24, 2.45) is 0 Å². The van der Waals surface area contributed by atoms with Crippen molar-refractivity contribution in [3.8, 4) is 0 Å². The van der Waals surface area contributed by atoms with Crippen LogP contribution in [0, 0.1) is 5.21 Å². The predicted molar refractivity (Wildman–Crippen MR) is 76.4 cm³/mol. The summed E-state index contributed by atoms with van der Waals surface area (Å²) in [7, 11) is -1.06. The van der Waals surface area contributed by atoms with Gasteiger partial charge in [-0.05, 0) is 12.1 Å². The Morgan fingerprint density at radius 1 is 1.32 bits per heavy atom. The molecule has 0 saturated heterocycles. The third-order valence-electron chi connectivity index (χ3n) is 2.28. The molecule has 2 aromatic rings. The molecule has 1 aromatic carbocycles. The molecule has 0 spiro atoms. The summed E-state index contributed by atoms with van der Waals surface area (Å²) < 4.78 is 41.2. The van der Waals surface area contributed by atoms with Gasteiger partial charge in [0.25, 0.3) is 0 Å². The number of hydrogen-bond acceptors (Lipinski definition) is 3. The SMILES string of the molecule is CN(C)/C(n1nnc2ccc(Cl)cc21)=[N+](\C)[O-].F[B-](F)(F)F. The van der Waals surface area contributed by atoms with Crippen molar-refractivity contribution in [1.82, 2.24) is 19.9 Å². The highest BCUT2D eigenvalue weighted by molar-refractivity contribution is 6.50. The number of aromatic nitrogens is 3. The Morgan fingerprint density at radius 2 is 1.86 bits per heavy atom. The molecule has 0 aliphatic rings. The molecular weight excluding hydrogens is 328 g/mol. The third-order valence-corrected chi connectivity index (χ3v) is 2.51. The molecular formula is C10H12BClF4N5O-. The number of rotatable bonds is 0. The fourth-order valence-electron chi connectivity index (χ4n) is 1.64. The molecule has 1 aromatic heterocycles. The fraction of sp³-hybridized carbons (Fsp3) is 0.300. The minimum Gasteiger partial charge on any atom is -0.745 e. The van der Waals surface area contributed by atoms with Crippen LogP contribution in [-0.2, 0) is 0 Å². The summed E-state index contributed by atoms with van der Waals surface area (Å²) in [5.41, 5.74) is 1.39. The maximum absolute atomic E-state index is 11.5. The molecule has 6 nitrogen and oxygen atoms in total. The van der Waals surface area contributed by atoms with Crippen LogP contribution in [0.25, 0.3) is 11.0 Å². The molecule has 0 saturated carbocycles. The summed E-state index contributed by atoms with van der Waals surface area (Å²) in [5.74, 6) is 0.370. The predicted octanol–water partition coefficient (Wildman–Crippen LogP) is 2.29. The number of benzene rings is 1. The van der Waals surface area contributed by atoms with Crippen LogP contribution in [0.3, 0.4) is 0 Å². The topological polar surface area (TPSA) is 60.0 Å². The smallest absolute Gasteiger partial charge is 0.673 e. The standard InChI is InChI=1S/C10H12ClN5O.BF4/c1-14(2)10(15(3)17)16-9-6-7(11)4-5-8(9)12-13-16;2-1(3,4)5/h4-6H,1-3H3;/q;-1/b15-10-;. The zero-order valence-corrected chi connectivity index (χ0v) is 12.6. The minimum absolute atomic E-state index is 0.370. The summed E-state index contributed by atoms with van der Waals surface area (Å²) in [6, 6.07) is 5.22. The first-order valence-electron chi connectivity index (χ1n) is 5.84. The van der Waals surface area contributed by atoms with Crippen molar-refractivity contribution >= 4 is 35.8 Å². The molecule has 0 radical (unpaired) electrons. The lowest BCUT2D eigenvalue weighted by atomic mass is 10.3.